The first-order valence-electron chi connectivity index (χ1n) is 11.2. The zero-order valence-electron chi connectivity index (χ0n) is 17.9. The van der Waals surface area contributed by atoms with E-state index in [4.69, 9.17) is 11.6 Å². The van der Waals surface area contributed by atoms with Crippen LogP contribution in [0.5, 0.6) is 0 Å². The number of halogens is 1. The zero-order chi connectivity index (χ0) is 20.7. The first kappa shape index (κ1) is 23.7. The second-order valence-electron chi connectivity index (χ2n) is 7.83. The number of rotatable bonds is 16. The lowest BCUT2D eigenvalue weighted by Gasteiger charge is -2.05. The Morgan fingerprint density at radius 3 is 2.03 bits per heavy atom. The van der Waals surface area contributed by atoms with Gasteiger partial charge in [-0.2, -0.15) is 0 Å². The predicted octanol–water partition coefficient (Wildman–Crippen LogP) is 6.72. The van der Waals surface area contributed by atoms with E-state index in [1.54, 1.807) is 6.20 Å². The monoisotopic (exact) mass is 421 g/mol. The molecule has 0 fully saturated rings. The minimum Gasteiger partial charge on any atom is -0.469 e. The summed E-state index contributed by atoms with van der Waals surface area (Å²) in [6, 6.07) is 1.91. The van der Waals surface area contributed by atoms with Crippen LogP contribution in [0.15, 0.2) is 18.6 Å². The molecule has 0 N–H and O–H groups in total. The molecule has 0 saturated carbocycles. The van der Waals surface area contributed by atoms with Gasteiger partial charge >= 0.3 is 5.97 Å². The molecule has 0 atom stereocenters. The van der Waals surface area contributed by atoms with E-state index in [9.17, 15) is 4.79 Å². The van der Waals surface area contributed by atoms with Crippen LogP contribution in [0, 0.1) is 0 Å². The third kappa shape index (κ3) is 9.16. The van der Waals surface area contributed by atoms with Crippen LogP contribution in [-0.4, -0.2) is 27.6 Å². The van der Waals surface area contributed by atoms with Crippen LogP contribution in [0.2, 0.25) is 5.15 Å². The number of nitrogens with zero attached hydrogens (tertiary/aromatic N) is 3. The number of carbonyl (C=O) groups is 1. The van der Waals surface area contributed by atoms with E-state index in [0.29, 0.717) is 11.6 Å². The summed E-state index contributed by atoms with van der Waals surface area (Å²) in [4.78, 5) is 19.6. The summed E-state index contributed by atoms with van der Waals surface area (Å²) in [5.74, 6) is -0.0816. The van der Waals surface area contributed by atoms with Crippen LogP contribution >= 0.6 is 11.6 Å². The number of fused-ring (bicyclic) bond motifs is 1. The molecule has 2 heterocycles. The maximum Gasteiger partial charge on any atom is 0.305 e. The van der Waals surface area contributed by atoms with Crippen molar-refractivity contribution in [2.24, 2.45) is 0 Å². The van der Waals surface area contributed by atoms with E-state index >= 15 is 0 Å². The first-order chi connectivity index (χ1) is 14.2. The molecular weight excluding hydrogens is 386 g/mol. The molecule has 0 aromatic carbocycles. The Kier molecular flexibility index (Phi) is 11.7. The van der Waals surface area contributed by atoms with Crippen molar-refractivity contribution in [3.05, 3.63) is 23.7 Å². The highest BCUT2D eigenvalue weighted by Gasteiger charge is 2.07. The number of hydrogen-bond acceptors (Lipinski definition) is 4. The summed E-state index contributed by atoms with van der Waals surface area (Å²) in [7, 11) is 1.46. The molecule has 0 aliphatic rings. The number of aromatic nitrogens is 3. The van der Waals surface area contributed by atoms with Gasteiger partial charge in [0, 0.05) is 19.2 Å². The Morgan fingerprint density at radius 2 is 1.45 bits per heavy atom. The third-order valence-electron chi connectivity index (χ3n) is 5.49. The molecular formula is C23H36ClN3O2. The second kappa shape index (κ2) is 14.4. The van der Waals surface area contributed by atoms with Gasteiger partial charge in [-0.15, -0.1) is 0 Å². The summed E-state index contributed by atoms with van der Waals surface area (Å²) in [6.45, 7) is 0.960. The molecule has 6 heteroatoms. The van der Waals surface area contributed by atoms with E-state index in [2.05, 4.69) is 19.3 Å². The Morgan fingerprint density at radius 1 is 0.897 bits per heavy atom. The van der Waals surface area contributed by atoms with Gasteiger partial charge in [0.25, 0.3) is 0 Å². The minimum atomic E-state index is -0.0816. The van der Waals surface area contributed by atoms with Crippen LogP contribution in [0.4, 0.5) is 0 Å². The maximum absolute atomic E-state index is 11.0. The molecule has 162 valence electrons. The molecule has 0 radical (unpaired) electrons. The molecule has 29 heavy (non-hydrogen) atoms. The lowest BCUT2D eigenvalue weighted by atomic mass is 10.0. The number of hydrogen-bond donors (Lipinski definition) is 0. The molecule has 0 bridgehead atoms. The van der Waals surface area contributed by atoms with Gasteiger partial charge in [0.15, 0.2) is 5.15 Å². The quantitative estimate of drug-likeness (QED) is 0.171. The molecule has 2 aromatic heterocycles. The van der Waals surface area contributed by atoms with Gasteiger partial charge in [0.1, 0.15) is 5.52 Å². The Balaban J connectivity index is 1.37. The van der Waals surface area contributed by atoms with Crippen molar-refractivity contribution >= 4 is 28.6 Å². The van der Waals surface area contributed by atoms with Gasteiger partial charge < -0.3 is 9.30 Å². The van der Waals surface area contributed by atoms with E-state index in [-0.39, 0.29) is 5.97 Å². The number of ether oxygens (including phenoxy) is 1. The fraction of sp³-hybridized carbons (Fsp3) is 0.696. The fourth-order valence-electron chi connectivity index (χ4n) is 3.75. The molecule has 0 amide bonds. The fourth-order valence-corrected chi connectivity index (χ4v) is 4.01. The number of esters is 1. The molecule has 0 aliphatic carbocycles. The van der Waals surface area contributed by atoms with Gasteiger partial charge in [-0.3, -0.25) is 4.79 Å². The molecule has 5 nitrogen and oxygen atoms in total. The van der Waals surface area contributed by atoms with Crippen molar-refractivity contribution in [1.29, 1.82) is 0 Å². The summed E-state index contributed by atoms with van der Waals surface area (Å²) in [5.41, 5.74) is 1.88. The van der Waals surface area contributed by atoms with Gasteiger partial charge in [0.05, 0.1) is 19.0 Å². The van der Waals surface area contributed by atoms with E-state index in [1.165, 1.54) is 71.3 Å². The minimum absolute atomic E-state index is 0.0816. The molecule has 0 saturated heterocycles. The van der Waals surface area contributed by atoms with Crippen LogP contribution in [0.3, 0.4) is 0 Å². The predicted molar refractivity (Wildman–Crippen MR) is 119 cm³/mol. The zero-order valence-corrected chi connectivity index (χ0v) is 18.6. The number of carbonyl (C=O) groups excluding carboxylic acids is 1. The standard InChI is InChI=1S/C23H36ClN3O2/c1-29-21(28)15-13-11-9-7-5-3-2-4-6-8-10-12-14-18-27-19-26-20-16-17-25-23(24)22(20)27/h16-17,19H,2-15,18H2,1H3. The van der Waals surface area contributed by atoms with Crippen molar-refractivity contribution in [3.8, 4) is 0 Å². The highest BCUT2D eigenvalue weighted by Crippen LogP contribution is 2.20. The smallest absolute Gasteiger partial charge is 0.305 e. The van der Waals surface area contributed by atoms with Gasteiger partial charge in [-0.1, -0.05) is 82.2 Å². The topological polar surface area (TPSA) is 57.0 Å². The Labute approximate surface area is 180 Å². The highest BCUT2D eigenvalue weighted by atomic mass is 35.5. The lowest BCUT2D eigenvalue weighted by molar-refractivity contribution is -0.140. The van der Waals surface area contributed by atoms with Crippen molar-refractivity contribution in [1.82, 2.24) is 14.5 Å². The largest absolute Gasteiger partial charge is 0.469 e. The SMILES string of the molecule is COC(=O)CCCCCCCCCCCCCCCn1cnc2ccnc(Cl)c21. The van der Waals surface area contributed by atoms with E-state index < -0.39 is 0 Å². The van der Waals surface area contributed by atoms with E-state index in [0.717, 1.165) is 36.8 Å². The normalized spacial score (nSPS) is 11.2. The van der Waals surface area contributed by atoms with Crippen molar-refractivity contribution in [2.45, 2.75) is 96.4 Å². The van der Waals surface area contributed by atoms with Crippen LogP contribution in [-0.2, 0) is 16.1 Å². The van der Waals surface area contributed by atoms with Gasteiger partial charge in [0.2, 0.25) is 0 Å². The van der Waals surface area contributed by atoms with Crippen LogP contribution in [0.25, 0.3) is 11.0 Å². The molecule has 2 aromatic rings. The average Bonchev–Trinajstić information content (AvgIpc) is 3.15. The van der Waals surface area contributed by atoms with E-state index in [1.807, 2.05) is 12.4 Å². The molecule has 0 unspecified atom stereocenters. The van der Waals surface area contributed by atoms with Crippen molar-refractivity contribution in [2.75, 3.05) is 7.11 Å². The van der Waals surface area contributed by atoms with Crippen molar-refractivity contribution in [3.63, 3.8) is 0 Å². The third-order valence-corrected chi connectivity index (χ3v) is 5.77. The van der Waals surface area contributed by atoms with Gasteiger partial charge in [-0.05, 0) is 18.9 Å². The number of pyridine rings is 1. The first-order valence-corrected chi connectivity index (χ1v) is 11.6. The summed E-state index contributed by atoms with van der Waals surface area (Å²) >= 11 is 6.20. The summed E-state index contributed by atoms with van der Waals surface area (Å²) in [6.07, 6.45) is 20.6. The van der Waals surface area contributed by atoms with Crippen LogP contribution in [0.1, 0.15) is 89.9 Å². The Hall–Kier alpha value is -1.62. The molecule has 0 aliphatic heterocycles. The Bertz CT molecular complexity index is 717. The van der Waals surface area contributed by atoms with Gasteiger partial charge in [-0.25, -0.2) is 9.97 Å². The molecule has 0 spiro atoms. The summed E-state index contributed by atoms with van der Waals surface area (Å²) < 4.78 is 6.78. The number of unbranched alkanes of at least 4 members (excludes halogenated alkanes) is 12. The lowest BCUT2D eigenvalue weighted by Crippen LogP contribution is -1.99. The number of aryl methyl sites for hydroxylation is 1. The van der Waals surface area contributed by atoms with Crippen LogP contribution < -0.4 is 0 Å². The molecule has 2 rings (SSSR count). The highest BCUT2D eigenvalue weighted by molar-refractivity contribution is 6.33. The second-order valence-corrected chi connectivity index (χ2v) is 8.19. The number of methoxy groups -OCH3 is 1. The maximum atomic E-state index is 11.0. The summed E-state index contributed by atoms with van der Waals surface area (Å²) in [5, 5.41) is 0.543. The number of imidazole rings is 1. The average molecular weight is 422 g/mol. The van der Waals surface area contributed by atoms with Crippen molar-refractivity contribution < 1.29 is 9.53 Å².